The number of piperazine rings is 1. The van der Waals surface area contributed by atoms with Crippen LogP contribution in [0.1, 0.15) is 48.2 Å². The standard InChI is InChI=1S/C33H37N5O5S/c1-22(2)35-15-17-36(18-16-35)27-11-14-30-29(20-27)33(40)37(21-34-30)31-19-25(8-7-24(31)4)32(39)38(26-9-10-26)43-44(41,42)28-12-5-23(3)6-13-28/h5-8,11-14,19-22,26H,9-10,15-18H2,1-4H3. The van der Waals surface area contributed by atoms with E-state index in [0.717, 1.165) is 48.1 Å². The number of hydrogen-bond acceptors (Lipinski definition) is 8. The Hall–Kier alpha value is -4.06. The van der Waals surface area contributed by atoms with Gasteiger partial charge in [0.15, 0.2) is 0 Å². The lowest BCUT2D eigenvalue weighted by Crippen LogP contribution is -2.48. The van der Waals surface area contributed by atoms with Gasteiger partial charge >= 0.3 is 10.1 Å². The van der Waals surface area contributed by atoms with Crippen molar-refractivity contribution in [1.82, 2.24) is 19.5 Å². The van der Waals surface area contributed by atoms with E-state index in [1.807, 2.05) is 32.0 Å². The fraction of sp³-hybridized carbons (Fsp3) is 0.364. The van der Waals surface area contributed by atoms with Gasteiger partial charge in [0.25, 0.3) is 11.5 Å². The molecule has 6 rings (SSSR count). The molecule has 2 aliphatic rings. The molecule has 1 amide bonds. The highest BCUT2D eigenvalue weighted by Gasteiger charge is 2.38. The van der Waals surface area contributed by atoms with Gasteiger partial charge in [0.2, 0.25) is 0 Å². The minimum absolute atomic E-state index is 0.0268. The van der Waals surface area contributed by atoms with Gasteiger partial charge in [0.1, 0.15) is 6.33 Å². The third kappa shape index (κ3) is 5.99. The van der Waals surface area contributed by atoms with Gasteiger partial charge in [-0.3, -0.25) is 19.1 Å². The van der Waals surface area contributed by atoms with Gasteiger partial charge in [0, 0.05) is 43.5 Å². The van der Waals surface area contributed by atoms with Crippen LogP contribution in [0.2, 0.25) is 0 Å². The monoisotopic (exact) mass is 615 g/mol. The number of fused-ring (bicyclic) bond motifs is 1. The number of carbonyl (C=O) groups excluding carboxylic acids is 1. The van der Waals surface area contributed by atoms with E-state index in [1.165, 1.54) is 23.0 Å². The van der Waals surface area contributed by atoms with Crippen LogP contribution in [-0.4, -0.2) is 72.1 Å². The molecule has 1 aromatic heterocycles. The molecule has 44 heavy (non-hydrogen) atoms. The maximum atomic E-state index is 13.9. The Morgan fingerprint density at radius 2 is 1.66 bits per heavy atom. The molecule has 2 heterocycles. The third-order valence-corrected chi connectivity index (χ3v) is 9.64. The van der Waals surface area contributed by atoms with Crippen LogP contribution >= 0.6 is 0 Å². The van der Waals surface area contributed by atoms with Crippen molar-refractivity contribution in [2.75, 3.05) is 31.1 Å². The van der Waals surface area contributed by atoms with Crippen molar-refractivity contribution in [3.05, 3.63) is 94.0 Å². The summed E-state index contributed by atoms with van der Waals surface area (Å²) in [6.07, 6.45) is 2.74. The van der Waals surface area contributed by atoms with E-state index in [4.69, 9.17) is 4.28 Å². The fourth-order valence-corrected chi connectivity index (χ4v) is 6.48. The summed E-state index contributed by atoms with van der Waals surface area (Å²) in [4.78, 5) is 36.8. The van der Waals surface area contributed by atoms with E-state index in [1.54, 1.807) is 30.3 Å². The number of carbonyl (C=O) groups is 1. The van der Waals surface area contributed by atoms with E-state index in [2.05, 4.69) is 28.6 Å². The van der Waals surface area contributed by atoms with Crippen molar-refractivity contribution < 1.29 is 17.5 Å². The molecule has 0 N–H and O–H groups in total. The number of rotatable bonds is 8. The van der Waals surface area contributed by atoms with Crippen molar-refractivity contribution in [3.63, 3.8) is 0 Å². The first kappa shape index (κ1) is 30.0. The Balaban J connectivity index is 1.30. The van der Waals surface area contributed by atoms with E-state index >= 15 is 0 Å². The molecule has 230 valence electrons. The number of aryl methyl sites for hydroxylation is 2. The Labute approximate surface area is 257 Å². The summed E-state index contributed by atoms with van der Waals surface area (Å²) in [5.74, 6) is -0.589. The van der Waals surface area contributed by atoms with Gasteiger partial charge in [0.05, 0.1) is 27.5 Å². The van der Waals surface area contributed by atoms with Crippen LogP contribution in [0.3, 0.4) is 0 Å². The minimum atomic E-state index is -4.22. The predicted octanol–water partition coefficient (Wildman–Crippen LogP) is 4.46. The quantitative estimate of drug-likeness (QED) is 0.268. The van der Waals surface area contributed by atoms with Crippen LogP contribution in [0.5, 0.6) is 0 Å². The first-order valence-corrected chi connectivity index (χ1v) is 16.4. The molecule has 4 aromatic rings. The number of amides is 1. The summed E-state index contributed by atoms with van der Waals surface area (Å²) >= 11 is 0. The topological polar surface area (TPSA) is 105 Å². The zero-order valence-electron chi connectivity index (χ0n) is 25.4. The molecule has 1 saturated heterocycles. The average molecular weight is 616 g/mol. The van der Waals surface area contributed by atoms with E-state index < -0.39 is 16.0 Å². The summed E-state index contributed by atoms with van der Waals surface area (Å²) in [5.41, 5.74) is 3.69. The SMILES string of the molecule is Cc1ccc(S(=O)(=O)ON(C(=O)c2ccc(C)c(-n3cnc4ccc(N5CCN(C(C)C)CC5)cc4c3=O)c2)C2CC2)cc1. The fourth-order valence-electron chi connectivity index (χ4n) is 5.53. The van der Waals surface area contributed by atoms with Gasteiger partial charge in [-0.05, 0) is 88.6 Å². The Morgan fingerprint density at radius 3 is 2.32 bits per heavy atom. The normalized spacial score (nSPS) is 16.1. The second-order valence-electron chi connectivity index (χ2n) is 11.9. The van der Waals surface area contributed by atoms with Crippen LogP contribution in [0, 0.1) is 13.8 Å². The highest BCUT2D eigenvalue weighted by atomic mass is 32.2. The van der Waals surface area contributed by atoms with Crippen molar-refractivity contribution in [2.45, 2.75) is 57.5 Å². The van der Waals surface area contributed by atoms with Crippen LogP contribution in [0.15, 0.2) is 76.7 Å². The smallest absolute Gasteiger partial charge is 0.317 e. The lowest BCUT2D eigenvalue weighted by molar-refractivity contribution is -0.0341. The first-order chi connectivity index (χ1) is 21.0. The van der Waals surface area contributed by atoms with Crippen molar-refractivity contribution >= 4 is 32.6 Å². The van der Waals surface area contributed by atoms with Crippen molar-refractivity contribution in [1.29, 1.82) is 0 Å². The maximum absolute atomic E-state index is 13.9. The molecule has 0 radical (unpaired) electrons. The van der Waals surface area contributed by atoms with Crippen molar-refractivity contribution in [3.8, 4) is 5.69 Å². The van der Waals surface area contributed by atoms with Gasteiger partial charge in [-0.1, -0.05) is 23.8 Å². The zero-order valence-corrected chi connectivity index (χ0v) is 26.3. The largest absolute Gasteiger partial charge is 0.369 e. The van der Waals surface area contributed by atoms with Crippen LogP contribution < -0.4 is 10.5 Å². The summed E-state index contributed by atoms with van der Waals surface area (Å²) in [7, 11) is -4.22. The maximum Gasteiger partial charge on any atom is 0.317 e. The molecule has 0 atom stereocenters. The second kappa shape index (κ2) is 11.8. The zero-order chi connectivity index (χ0) is 31.2. The predicted molar refractivity (Wildman–Crippen MR) is 170 cm³/mol. The molecule has 0 spiro atoms. The molecular weight excluding hydrogens is 578 g/mol. The molecule has 11 heteroatoms. The average Bonchev–Trinajstić information content (AvgIpc) is 3.86. The molecule has 1 saturated carbocycles. The van der Waals surface area contributed by atoms with Gasteiger partial charge in [-0.2, -0.15) is 13.5 Å². The molecule has 1 aliphatic heterocycles. The van der Waals surface area contributed by atoms with Gasteiger partial charge < -0.3 is 4.90 Å². The lowest BCUT2D eigenvalue weighted by Gasteiger charge is -2.38. The first-order valence-electron chi connectivity index (χ1n) is 15.0. The Morgan fingerprint density at radius 1 is 0.955 bits per heavy atom. The molecule has 10 nitrogen and oxygen atoms in total. The molecule has 0 unspecified atom stereocenters. The summed E-state index contributed by atoms with van der Waals surface area (Å²) in [6.45, 7) is 11.8. The molecule has 2 fully saturated rings. The molecule has 3 aromatic carbocycles. The van der Waals surface area contributed by atoms with E-state index in [0.29, 0.717) is 35.5 Å². The van der Waals surface area contributed by atoms with Crippen LogP contribution in [-0.2, 0) is 14.4 Å². The summed E-state index contributed by atoms with van der Waals surface area (Å²) in [5, 5.41) is 1.44. The Kier molecular flexibility index (Phi) is 8.04. The third-order valence-electron chi connectivity index (χ3n) is 8.43. The number of benzene rings is 3. The number of nitrogens with zero attached hydrogens (tertiary/aromatic N) is 5. The summed E-state index contributed by atoms with van der Waals surface area (Å²) in [6, 6.07) is 17.1. The molecular formula is C33H37N5O5S. The van der Waals surface area contributed by atoms with E-state index in [-0.39, 0.29) is 22.1 Å². The molecule has 1 aliphatic carbocycles. The van der Waals surface area contributed by atoms with Gasteiger partial charge in [-0.15, -0.1) is 4.28 Å². The van der Waals surface area contributed by atoms with Crippen LogP contribution in [0.25, 0.3) is 16.6 Å². The summed E-state index contributed by atoms with van der Waals surface area (Å²) < 4.78 is 33.0. The van der Waals surface area contributed by atoms with Crippen molar-refractivity contribution in [2.24, 2.45) is 0 Å². The second-order valence-corrected chi connectivity index (χ2v) is 13.5. The minimum Gasteiger partial charge on any atom is -0.369 e. The highest BCUT2D eigenvalue weighted by molar-refractivity contribution is 7.86. The highest BCUT2D eigenvalue weighted by Crippen LogP contribution is 2.31. The number of hydrogen-bond donors (Lipinski definition) is 0. The number of hydroxylamine groups is 2. The Bertz CT molecular complexity index is 1880. The molecule has 0 bridgehead atoms. The lowest BCUT2D eigenvalue weighted by atomic mass is 10.1. The number of anilines is 1. The van der Waals surface area contributed by atoms with E-state index in [9.17, 15) is 18.0 Å². The number of aromatic nitrogens is 2. The van der Waals surface area contributed by atoms with Crippen LogP contribution in [0.4, 0.5) is 5.69 Å². The van der Waals surface area contributed by atoms with Gasteiger partial charge in [-0.25, -0.2) is 4.98 Å².